The minimum absolute atomic E-state index is 0.0318. The van der Waals surface area contributed by atoms with Gasteiger partial charge in [-0.15, -0.1) is 0 Å². The molecule has 0 atom stereocenters. The van der Waals surface area contributed by atoms with Gasteiger partial charge in [0.15, 0.2) is 0 Å². The summed E-state index contributed by atoms with van der Waals surface area (Å²) in [4.78, 5) is 23.4. The highest BCUT2D eigenvalue weighted by Crippen LogP contribution is 2.40. The summed E-state index contributed by atoms with van der Waals surface area (Å²) in [7, 11) is 0. The Bertz CT molecular complexity index is 1560. The third kappa shape index (κ3) is 6.35. The highest BCUT2D eigenvalue weighted by Gasteiger charge is 2.34. The lowest BCUT2D eigenvalue weighted by Crippen LogP contribution is -2.08. The molecule has 1 aromatic heterocycles. The predicted molar refractivity (Wildman–Crippen MR) is 141 cm³/mol. The van der Waals surface area contributed by atoms with Gasteiger partial charge in [-0.05, 0) is 79.6 Å². The number of hydrogen-bond acceptors (Lipinski definition) is 5. The van der Waals surface area contributed by atoms with Crippen LogP contribution in [0.5, 0.6) is 11.5 Å². The van der Waals surface area contributed by atoms with Crippen LogP contribution in [-0.4, -0.2) is 11.9 Å². The average molecular weight is 533 g/mol. The van der Waals surface area contributed by atoms with Crippen molar-refractivity contribution in [1.29, 1.82) is 0 Å². The summed E-state index contributed by atoms with van der Waals surface area (Å²) >= 11 is 0. The quantitative estimate of drug-likeness (QED) is 0.136. The lowest BCUT2D eigenvalue weighted by atomic mass is 9.96. The maximum Gasteiger partial charge on any atom is 0.417 e. The predicted octanol–water partition coefficient (Wildman–Crippen LogP) is 8.26. The Morgan fingerprint density at radius 2 is 1.10 bits per heavy atom. The van der Waals surface area contributed by atoms with Crippen LogP contribution in [0.2, 0.25) is 0 Å². The first-order valence-electron chi connectivity index (χ1n) is 11.7. The zero-order chi connectivity index (χ0) is 28.3. The minimum atomic E-state index is -4.64. The largest absolute Gasteiger partial charge is 0.456 e. The molecular formula is C31H23F3O5. The maximum atomic E-state index is 14.1. The van der Waals surface area contributed by atoms with Crippen LogP contribution in [0.3, 0.4) is 0 Å². The Morgan fingerprint density at radius 3 is 1.56 bits per heavy atom. The zero-order valence-corrected chi connectivity index (χ0v) is 21.1. The van der Waals surface area contributed by atoms with Gasteiger partial charge in [0.05, 0.1) is 5.56 Å². The lowest BCUT2D eigenvalue weighted by Gasteiger charge is -2.15. The molecule has 0 aliphatic heterocycles. The van der Waals surface area contributed by atoms with Gasteiger partial charge in [0.1, 0.15) is 23.0 Å². The summed E-state index contributed by atoms with van der Waals surface area (Å²) in [6.07, 6.45) is -4.64. The number of ether oxygens (including phenoxy) is 2. The second-order valence-electron chi connectivity index (χ2n) is 8.81. The number of rotatable bonds is 7. The highest BCUT2D eigenvalue weighted by atomic mass is 19.4. The van der Waals surface area contributed by atoms with Crippen LogP contribution in [-0.2, 0) is 15.8 Å². The van der Waals surface area contributed by atoms with E-state index in [2.05, 4.69) is 13.2 Å². The van der Waals surface area contributed by atoms with Crippen molar-refractivity contribution in [3.05, 3.63) is 109 Å². The van der Waals surface area contributed by atoms with Crippen molar-refractivity contribution >= 4 is 11.9 Å². The van der Waals surface area contributed by atoms with Crippen molar-refractivity contribution in [2.45, 2.75) is 20.0 Å². The molecule has 8 heteroatoms. The van der Waals surface area contributed by atoms with Crippen LogP contribution in [0.1, 0.15) is 19.4 Å². The Kier molecular flexibility index (Phi) is 7.58. The van der Waals surface area contributed by atoms with E-state index in [9.17, 15) is 22.8 Å². The third-order valence-corrected chi connectivity index (χ3v) is 5.64. The van der Waals surface area contributed by atoms with E-state index in [-0.39, 0.29) is 33.8 Å². The highest BCUT2D eigenvalue weighted by molar-refractivity contribution is 5.89. The number of hydrogen-bond donors (Lipinski definition) is 0. The second-order valence-corrected chi connectivity index (χ2v) is 8.81. The molecular weight excluding hydrogens is 509 g/mol. The number of carbonyl (C=O) groups is 2. The fraction of sp³-hybridized carbons (Fsp3) is 0.0968. The summed E-state index contributed by atoms with van der Waals surface area (Å²) in [6.45, 7) is 10.1. The fourth-order valence-corrected chi connectivity index (χ4v) is 3.61. The number of esters is 2. The number of benzene rings is 3. The number of carbonyl (C=O) groups excluding carboxylic acids is 2. The fourth-order valence-electron chi connectivity index (χ4n) is 3.61. The number of furan rings is 1. The van der Waals surface area contributed by atoms with Crippen LogP contribution < -0.4 is 9.47 Å². The Morgan fingerprint density at radius 1 is 0.667 bits per heavy atom. The van der Waals surface area contributed by atoms with Crippen molar-refractivity contribution in [3.8, 4) is 45.3 Å². The van der Waals surface area contributed by atoms with Crippen molar-refractivity contribution in [2.24, 2.45) is 0 Å². The maximum absolute atomic E-state index is 14.1. The van der Waals surface area contributed by atoms with Crippen LogP contribution >= 0.6 is 0 Å². The molecule has 0 saturated heterocycles. The van der Waals surface area contributed by atoms with E-state index >= 15 is 0 Å². The Balaban J connectivity index is 1.60. The minimum Gasteiger partial charge on any atom is -0.456 e. The number of halogens is 3. The summed E-state index contributed by atoms with van der Waals surface area (Å²) in [5.74, 6) is 0.0346. The molecule has 0 bridgehead atoms. The molecule has 0 saturated carbocycles. The lowest BCUT2D eigenvalue weighted by molar-refractivity contribution is -0.137. The van der Waals surface area contributed by atoms with E-state index in [0.717, 1.165) is 6.07 Å². The normalized spacial score (nSPS) is 11.1. The molecule has 0 amide bonds. The van der Waals surface area contributed by atoms with Gasteiger partial charge in [0.25, 0.3) is 0 Å². The molecule has 0 aliphatic carbocycles. The molecule has 198 valence electrons. The molecule has 39 heavy (non-hydrogen) atoms. The standard InChI is InChI=1S/C31H23F3O5/c1-18(2)29(35)37-23-10-5-20(6-11-23)25-14-9-22(17-26(25)31(32,33)34)28-16-15-27(39-28)21-7-12-24(13-8-21)38-30(36)19(3)4/h5-17H,1,3H2,2,4H3. The summed E-state index contributed by atoms with van der Waals surface area (Å²) in [5, 5.41) is 0. The van der Waals surface area contributed by atoms with Gasteiger partial charge in [-0.1, -0.05) is 37.4 Å². The molecule has 0 aliphatic rings. The molecule has 0 unspecified atom stereocenters. The Hall–Kier alpha value is -4.85. The molecule has 4 rings (SSSR count). The van der Waals surface area contributed by atoms with E-state index in [0.29, 0.717) is 22.6 Å². The zero-order valence-electron chi connectivity index (χ0n) is 21.1. The van der Waals surface area contributed by atoms with Gasteiger partial charge in [-0.3, -0.25) is 0 Å². The van der Waals surface area contributed by atoms with E-state index in [4.69, 9.17) is 13.9 Å². The van der Waals surface area contributed by atoms with Crippen molar-refractivity contribution in [2.75, 3.05) is 0 Å². The Labute approximate surface area is 222 Å². The smallest absolute Gasteiger partial charge is 0.417 e. The van der Waals surface area contributed by atoms with Crippen molar-refractivity contribution in [3.63, 3.8) is 0 Å². The first kappa shape index (κ1) is 27.2. The van der Waals surface area contributed by atoms with Gasteiger partial charge in [-0.2, -0.15) is 13.2 Å². The van der Waals surface area contributed by atoms with Gasteiger partial charge < -0.3 is 13.9 Å². The van der Waals surface area contributed by atoms with Gasteiger partial charge in [0.2, 0.25) is 0 Å². The summed E-state index contributed by atoms with van der Waals surface area (Å²) in [6, 6.07) is 19.5. The molecule has 0 fully saturated rings. The molecule has 5 nitrogen and oxygen atoms in total. The third-order valence-electron chi connectivity index (χ3n) is 5.64. The second kappa shape index (κ2) is 10.9. The van der Waals surface area contributed by atoms with Crippen molar-refractivity contribution < 1.29 is 36.7 Å². The summed E-state index contributed by atoms with van der Waals surface area (Å²) in [5.41, 5.74) is 0.796. The van der Waals surface area contributed by atoms with E-state index in [1.807, 2.05) is 0 Å². The van der Waals surface area contributed by atoms with E-state index in [1.165, 1.54) is 44.2 Å². The molecule has 0 radical (unpaired) electrons. The van der Waals surface area contributed by atoms with E-state index < -0.39 is 23.7 Å². The van der Waals surface area contributed by atoms with Crippen LogP contribution in [0.25, 0.3) is 33.8 Å². The van der Waals surface area contributed by atoms with Crippen LogP contribution in [0.4, 0.5) is 13.2 Å². The molecule has 1 heterocycles. The first-order chi connectivity index (χ1) is 18.4. The average Bonchev–Trinajstić information content (AvgIpc) is 3.39. The van der Waals surface area contributed by atoms with Crippen molar-refractivity contribution in [1.82, 2.24) is 0 Å². The molecule has 4 aromatic rings. The van der Waals surface area contributed by atoms with Gasteiger partial charge in [0, 0.05) is 22.3 Å². The van der Waals surface area contributed by atoms with Crippen LogP contribution in [0, 0.1) is 0 Å². The first-order valence-corrected chi connectivity index (χ1v) is 11.7. The van der Waals surface area contributed by atoms with Gasteiger partial charge >= 0.3 is 18.1 Å². The summed E-state index contributed by atoms with van der Waals surface area (Å²) < 4.78 is 58.3. The molecule has 3 aromatic carbocycles. The topological polar surface area (TPSA) is 65.7 Å². The molecule has 0 spiro atoms. The monoisotopic (exact) mass is 532 g/mol. The molecule has 0 N–H and O–H groups in total. The van der Waals surface area contributed by atoms with E-state index in [1.54, 1.807) is 42.5 Å². The van der Waals surface area contributed by atoms with Gasteiger partial charge in [-0.25, -0.2) is 9.59 Å². The number of alkyl halides is 3. The van der Waals surface area contributed by atoms with Crippen LogP contribution in [0.15, 0.2) is 108 Å². The SMILES string of the molecule is C=C(C)C(=O)Oc1ccc(-c2ccc(-c3ccc(-c4ccc(OC(=O)C(=C)C)cc4)c(C(F)(F)F)c3)o2)cc1.